The smallest absolute Gasteiger partial charge is 0.253 e. The van der Waals surface area contributed by atoms with Gasteiger partial charge in [0.2, 0.25) is 0 Å². The van der Waals surface area contributed by atoms with Crippen molar-refractivity contribution < 1.29 is 9.53 Å². The Morgan fingerprint density at radius 3 is 2.22 bits per heavy atom. The number of fused-ring (bicyclic) bond motifs is 1. The molecule has 0 bridgehead atoms. The highest BCUT2D eigenvalue weighted by molar-refractivity contribution is 5.94. The molecular formula is C39H51N5O2. The van der Waals surface area contributed by atoms with E-state index >= 15 is 0 Å². The van der Waals surface area contributed by atoms with E-state index in [4.69, 9.17) is 4.74 Å². The van der Waals surface area contributed by atoms with Crippen molar-refractivity contribution in [2.75, 3.05) is 79.6 Å². The lowest BCUT2D eigenvalue weighted by Gasteiger charge is -2.34. The van der Waals surface area contributed by atoms with Crippen LogP contribution >= 0.6 is 0 Å². The first kappa shape index (κ1) is 32.3. The summed E-state index contributed by atoms with van der Waals surface area (Å²) in [6, 6.07) is 23.5. The van der Waals surface area contributed by atoms with Crippen molar-refractivity contribution in [1.82, 2.24) is 24.2 Å². The molecule has 244 valence electrons. The number of hydrogen-bond donors (Lipinski definition) is 0. The lowest BCUT2D eigenvalue weighted by atomic mass is 10.0. The molecule has 0 atom stereocenters. The Labute approximate surface area is 275 Å². The molecule has 0 saturated carbocycles. The molecule has 6 rings (SSSR count). The van der Waals surface area contributed by atoms with Crippen molar-refractivity contribution in [3.63, 3.8) is 0 Å². The van der Waals surface area contributed by atoms with E-state index < -0.39 is 0 Å². The third kappa shape index (κ3) is 7.65. The van der Waals surface area contributed by atoms with Gasteiger partial charge in [-0.15, -0.1) is 0 Å². The molecule has 2 aliphatic heterocycles. The summed E-state index contributed by atoms with van der Waals surface area (Å²) in [6.45, 7) is 15.8. The lowest BCUT2D eigenvalue weighted by molar-refractivity contribution is 0.0638. The van der Waals surface area contributed by atoms with Gasteiger partial charge in [-0.2, -0.15) is 0 Å². The number of methoxy groups -OCH3 is 1. The van der Waals surface area contributed by atoms with E-state index in [2.05, 4.69) is 82.6 Å². The van der Waals surface area contributed by atoms with Gasteiger partial charge < -0.3 is 24.0 Å². The Hall–Kier alpha value is -3.65. The fourth-order valence-electron chi connectivity index (χ4n) is 7.14. The molecule has 0 radical (unpaired) electrons. The van der Waals surface area contributed by atoms with E-state index in [1.807, 2.05) is 29.2 Å². The summed E-state index contributed by atoms with van der Waals surface area (Å²) >= 11 is 0. The van der Waals surface area contributed by atoms with Crippen LogP contribution in [0.15, 0.2) is 66.7 Å². The second-order valence-electron chi connectivity index (χ2n) is 13.3. The number of amides is 1. The van der Waals surface area contributed by atoms with Crippen LogP contribution in [0.25, 0.3) is 10.9 Å². The van der Waals surface area contributed by atoms with Crippen LogP contribution in [-0.2, 0) is 19.4 Å². The number of carbonyl (C=O) groups is 1. The van der Waals surface area contributed by atoms with Crippen LogP contribution in [0.3, 0.4) is 0 Å². The summed E-state index contributed by atoms with van der Waals surface area (Å²) in [5, 5.41) is 1.35. The minimum Gasteiger partial charge on any atom is -0.497 e. The summed E-state index contributed by atoms with van der Waals surface area (Å²) in [7, 11) is 3.93. The molecule has 2 saturated heterocycles. The quantitative estimate of drug-likeness (QED) is 0.222. The second kappa shape index (κ2) is 14.8. The molecule has 0 unspecified atom stereocenters. The summed E-state index contributed by atoms with van der Waals surface area (Å²) in [6.07, 6.45) is 2.98. The Morgan fingerprint density at radius 2 is 1.43 bits per heavy atom. The fourth-order valence-corrected chi connectivity index (χ4v) is 7.14. The summed E-state index contributed by atoms with van der Waals surface area (Å²) in [5.41, 5.74) is 8.64. The molecule has 1 amide bonds. The molecule has 46 heavy (non-hydrogen) atoms. The van der Waals surface area contributed by atoms with Gasteiger partial charge in [-0.05, 0) is 105 Å². The number of hydrogen-bond acceptors (Lipinski definition) is 5. The van der Waals surface area contributed by atoms with Gasteiger partial charge in [0.15, 0.2) is 0 Å². The molecular weight excluding hydrogens is 570 g/mol. The molecule has 2 aliphatic rings. The first-order valence-electron chi connectivity index (χ1n) is 17.1. The summed E-state index contributed by atoms with van der Waals surface area (Å²) < 4.78 is 7.88. The predicted molar refractivity (Wildman–Crippen MR) is 188 cm³/mol. The molecule has 3 heterocycles. The van der Waals surface area contributed by atoms with Crippen molar-refractivity contribution in [2.45, 2.75) is 39.7 Å². The SMILES string of the molecule is COc1cccc(CCN2CCN(C(=O)c3cccc(Cc4ccc5c(c4)c(C)c(C)n5CCCN4CCN(C)CC4)c3)CC2)c1. The summed E-state index contributed by atoms with van der Waals surface area (Å²) in [5.74, 6) is 1.05. The van der Waals surface area contributed by atoms with Gasteiger partial charge in [0.05, 0.1) is 7.11 Å². The first-order chi connectivity index (χ1) is 22.4. The molecule has 7 heteroatoms. The van der Waals surface area contributed by atoms with Crippen LogP contribution in [0.5, 0.6) is 5.75 Å². The van der Waals surface area contributed by atoms with Gasteiger partial charge in [0, 0.05) is 87.6 Å². The number of carbonyl (C=O) groups excluding carboxylic acids is 1. The van der Waals surface area contributed by atoms with Crippen molar-refractivity contribution in [1.29, 1.82) is 0 Å². The first-order valence-corrected chi connectivity index (χ1v) is 17.1. The maximum atomic E-state index is 13.5. The summed E-state index contributed by atoms with van der Waals surface area (Å²) in [4.78, 5) is 23.0. The Kier molecular flexibility index (Phi) is 10.4. The van der Waals surface area contributed by atoms with E-state index in [1.165, 1.54) is 78.0 Å². The fraction of sp³-hybridized carbons (Fsp3) is 0.462. The van der Waals surface area contributed by atoms with E-state index in [9.17, 15) is 4.79 Å². The molecule has 1 aromatic heterocycles. The van der Waals surface area contributed by atoms with Gasteiger partial charge in [-0.25, -0.2) is 0 Å². The van der Waals surface area contributed by atoms with Gasteiger partial charge in [0.25, 0.3) is 5.91 Å². The lowest BCUT2D eigenvalue weighted by Crippen LogP contribution is -2.49. The maximum Gasteiger partial charge on any atom is 0.253 e. The standard InChI is InChI=1S/C39H51N5O2/c1-30-31(2)44(16-7-15-41-20-18-40(3)19-21-41)38-13-12-34(29-37(30)38)26-33-9-5-10-35(27-33)39(45)43-24-22-42(23-25-43)17-14-32-8-6-11-36(28-32)46-4/h5-6,8-13,27-29H,7,14-26H2,1-4H3. The van der Waals surface area contributed by atoms with Crippen molar-refractivity contribution in [3.8, 4) is 5.75 Å². The Bertz CT molecular complexity index is 1630. The number of nitrogens with zero attached hydrogens (tertiary/aromatic N) is 5. The molecule has 4 aromatic rings. The number of aromatic nitrogens is 1. The van der Waals surface area contributed by atoms with Gasteiger partial charge in [0.1, 0.15) is 5.75 Å². The average molecular weight is 622 g/mol. The number of likely N-dealkylation sites (N-methyl/N-ethyl adjacent to an activating group) is 1. The predicted octanol–water partition coefficient (Wildman–Crippen LogP) is 5.50. The zero-order chi connectivity index (χ0) is 32.0. The van der Waals surface area contributed by atoms with Gasteiger partial charge >= 0.3 is 0 Å². The van der Waals surface area contributed by atoms with Crippen LogP contribution in [-0.4, -0.2) is 110 Å². The second-order valence-corrected chi connectivity index (χ2v) is 13.3. The zero-order valence-electron chi connectivity index (χ0n) is 28.3. The molecule has 0 N–H and O–H groups in total. The van der Waals surface area contributed by atoms with Crippen LogP contribution < -0.4 is 4.74 Å². The Morgan fingerprint density at radius 1 is 0.739 bits per heavy atom. The van der Waals surface area contributed by atoms with E-state index in [-0.39, 0.29) is 5.91 Å². The van der Waals surface area contributed by atoms with E-state index in [0.29, 0.717) is 0 Å². The number of rotatable bonds is 11. The monoisotopic (exact) mass is 621 g/mol. The molecule has 3 aromatic carbocycles. The third-order valence-electron chi connectivity index (χ3n) is 10.2. The van der Waals surface area contributed by atoms with Gasteiger partial charge in [-0.3, -0.25) is 9.69 Å². The van der Waals surface area contributed by atoms with Crippen molar-refractivity contribution in [2.24, 2.45) is 0 Å². The molecule has 0 spiro atoms. The van der Waals surface area contributed by atoms with E-state index in [0.717, 1.165) is 63.4 Å². The largest absolute Gasteiger partial charge is 0.497 e. The van der Waals surface area contributed by atoms with Crippen LogP contribution in [0, 0.1) is 13.8 Å². The maximum absolute atomic E-state index is 13.5. The normalized spacial score (nSPS) is 16.7. The Balaban J connectivity index is 1.03. The van der Waals surface area contributed by atoms with Gasteiger partial charge in [-0.1, -0.05) is 30.3 Å². The molecule has 7 nitrogen and oxygen atoms in total. The van der Waals surface area contributed by atoms with Crippen LogP contribution in [0.2, 0.25) is 0 Å². The third-order valence-corrected chi connectivity index (χ3v) is 10.2. The average Bonchev–Trinajstić information content (AvgIpc) is 3.32. The topological polar surface area (TPSA) is 44.2 Å². The van der Waals surface area contributed by atoms with Crippen molar-refractivity contribution in [3.05, 3.63) is 100 Å². The highest BCUT2D eigenvalue weighted by atomic mass is 16.5. The number of ether oxygens (including phenoxy) is 1. The van der Waals surface area contributed by atoms with Crippen LogP contribution in [0.4, 0.5) is 0 Å². The zero-order valence-corrected chi connectivity index (χ0v) is 28.3. The number of benzene rings is 3. The minimum atomic E-state index is 0.143. The highest BCUT2D eigenvalue weighted by Crippen LogP contribution is 2.28. The molecule has 0 aliphatic carbocycles. The van der Waals surface area contributed by atoms with Crippen molar-refractivity contribution >= 4 is 16.8 Å². The minimum absolute atomic E-state index is 0.143. The number of aryl methyl sites for hydroxylation is 2. The van der Waals surface area contributed by atoms with E-state index in [1.54, 1.807) is 7.11 Å². The van der Waals surface area contributed by atoms with Crippen LogP contribution in [0.1, 0.15) is 44.7 Å². The number of piperazine rings is 2. The molecule has 2 fully saturated rings. The highest BCUT2D eigenvalue weighted by Gasteiger charge is 2.22.